The van der Waals surface area contributed by atoms with Crippen LogP contribution in [0.5, 0.6) is 0 Å². The first-order valence-corrected chi connectivity index (χ1v) is 10.4. The first-order chi connectivity index (χ1) is 14.5. The third-order valence-electron chi connectivity index (χ3n) is 5.86. The Morgan fingerprint density at radius 2 is 1.63 bits per heavy atom. The molecule has 2 aromatic rings. The quantitative estimate of drug-likeness (QED) is 0.710. The van der Waals surface area contributed by atoms with Crippen molar-refractivity contribution < 1.29 is 19.4 Å². The average molecular weight is 411 g/mol. The van der Waals surface area contributed by atoms with Crippen LogP contribution in [0.25, 0.3) is 0 Å². The highest BCUT2D eigenvalue weighted by Crippen LogP contribution is 2.35. The molecule has 0 aliphatic carbocycles. The lowest BCUT2D eigenvalue weighted by molar-refractivity contribution is -0.151. The number of aliphatic hydroxyl groups excluding tert-OH is 1. The Kier molecular flexibility index (Phi) is 7.24. The minimum absolute atomic E-state index is 0.107. The molecule has 160 valence electrons. The fraction of sp³-hybridized carbons (Fsp3) is 0.417. The second-order valence-electron chi connectivity index (χ2n) is 7.67. The van der Waals surface area contributed by atoms with Gasteiger partial charge in [0.15, 0.2) is 0 Å². The summed E-state index contributed by atoms with van der Waals surface area (Å²) in [6.45, 7) is 3.45. The summed E-state index contributed by atoms with van der Waals surface area (Å²) in [5, 5.41) is 10.6. The molecule has 1 unspecified atom stereocenters. The number of rotatable bonds is 7. The summed E-state index contributed by atoms with van der Waals surface area (Å²) in [6, 6.07) is 18.9. The first-order valence-electron chi connectivity index (χ1n) is 10.4. The topological polar surface area (TPSA) is 70.1 Å². The van der Waals surface area contributed by atoms with Crippen molar-refractivity contribution in [1.29, 1.82) is 0 Å². The van der Waals surface area contributed by atoms with Crippen molar-refractivity contribution in [3.05, 3.63) is 66.2 Å². The van der Waals surface area contributed by atoms with Crippen LogP contribution in [0.4, 0.5) is 5.69 Å². The van der Waals surface area contributed by atoms with Gasteiger partial charge in [-0.3, -0.25) is 9.69 Å². The molecule has 3 rings (SSSR count). The highest BCUT2D eigenvalue weighted by molar-refractivity contribution is 6.02. The van der Waals surface area contributed by atoms with Gasteiger partial charge in [0.1, 0.15) is 5.54 Å². The van der Waals surface area contributed by atoms with E-state index in [1.165, 1.54) is 7.11 Å². The van der Waals surface area contributed by atoms with Gasteiger partial charge < -0.3 is 14.7 Å². The zero-order valence-corrected chi connectivity index (χ0v) is 17.7. The predicted octanol–water partition coefficient (Wildman–Crippen LogP) is 3.17. The van der Waals surface area contributed by atoms with Crippen LogP contribution in [-0.4, -0.2) is 54.2 Å². The molecule has 0 bridgehead atoms. The SMILES string of the molecule is CCC(=O)N(c1ccccc1)C1(C(=O)OC)CCN(CC(O)c2ccccc2)CC1. The van der Waals surface area contributed by atoms with Gasteiger partial charge in [-0.1, -0.05) is 55.5 Å². The van der Waals surface area contributed by atoms with Gasteiger partial charge in [0, 0.05) is 31.7 Å². The maximum absolute atomic E-state index is 13.0. The van der Waals surface area contributed by atoms with Crippen LogP contribution >= 0.6 is 0 Å². The molecular weight excluding hydrogens is 380 g/mol. The van der Waals surface area contributed by atoms with E-state index in [2.05, 4.69) is 4.90 Å². The maximum Gasteiger partial charge on any atom is 0.332 e. The summed E-state index contributed by atoms with van der Waals surface area (Å²) in [6.07, 6.45) is 0.590. The monoisotopic (exact) mass is 410 g/mol. The van der Waals surface area contributed by atoms with Crippen molar-refractivity contribution >= 4 is 17.6 Å². The second kappa shape index (κ2) is 9.87. The van der Waals surface area contributed by atoms with Crippen molar-refractivity contribution in [3.63, 3.8) is 0 Å². The molecule has 2 aromatic carbocycles. The molecule has 0 saturated carbocycles. The highest BCUT2D eigenvalue weighted by atomic mass is 16.5. The minimum Gasteiger partial charge on any atom is -0.467 e. The second-order valence-corrected chi connectivity index (χ2v) is 7.67. The van der Waals surface area contributed by atoms with Crippen molar-refractivity contribution in [2.45, 2.75) is 37.8 Å². The number of ether oxygens (including phenoxy) is 1. The Labute approximate surface area is 178 Å². The predicted molar refractivity (Wildman–Crippen MR) is 116 cm³/mol. The van der Waals surface area contributed by atoms with Crippen molar-refractivity contribution in [2.75, 3.05) is 31.6 Å². The summed E-state index contributed by atoms with van der Waals surface area (Å²) < 4.78 is 5.18. The summed E-state index contributed by atoms with van der Waals surface area (Å²) in [7, 11) is 1.37. The number of likely N-dealkylation sites (tertiary alicyclic amines) is 1. The molecule has 1 N–H and O–H groups in total. The van der Waals surface area contributed by atoms with E-state index in [0.29, 0.717) is 44.6 Å². The lowest BCUT2D eigenvalue weighted by Crippen LogP contribution is -2.62. The van der Waals surface area contributed by atoms with Crippen LogP contribution in [0.3, 0.4) is 0 Å². The van der Waals surface area contributed by atoms with Crippen LogP contribution < -0.4 is 4.90 Å². The summed E-state index contributed by atoms with van der Waals surface area (Å²) >= 11 is 0. The lowest BCUT2D eigenvalue weighted by Gasteiger charge is -2.46. The van der Waals surface area contributed by atoms with E-state index in [1.807, 2.05) is 60.7 Å². The van der Waals surface area contributed by atoms with Gasteiger partial charge in [-0.2, -0.15) is 0 Å². The molecule has 1 saturated heterocycles. The number of methoxy groups -OCH3 is 1. The molecule has 30 heavy (non-hydrogen) atoms. The fourth-order valence-electron chi connectivity index (χ4n) is 4.20. The largest absolute Gasteiger partial charge is 0.467 e. The number of hydrogen-bond acceptors (Lipinski definition) is 5. The first kappa shape index (κ1) is 22.0. The average Bonchev–Trinajstić information content (AvgIpc) is 2.81. The number of hydrogen-bond donors (Lipinski definition) is 1. The maximum atomic E-state index is 13.0. The van der Waals surface area contributed by atoms with E-state index in [1.54, 1.807) is 11.8 Å². The molecular formula is C24H30N2O4. The number of para-hydroxylation sites is 1. The van der Waals surface area contributed by atoms with Gasteiger partial charge in [0.25, 0.3) is 0 Å². The van der Waals surface area contributed by atoms with E-state index in [0.717, 1.165) is 5.56 Å². The molecule has 1 aliphatic rings. The number of aliphatic hydroxyl groups is 1. The van der Waals surface area contributed by atoms with Crippen molar-refractivity contribution in [2.24, 2.45) is 0 Å². The number of piperidine rings is 1. The van der Waals surface area contributed by atoms with Crippen LogP contribution in [0.2, 0.25) is 0 Å². The standard InChI is InChI=1S/C24H30N2O4/c1-3-22(28)26(20-12-8-5-9-13-20)24(23(29)30-2)14-16-25(17-15-24)18-21(27)19-10-6-4-7-11-19/h4-13,21,27H,3,14-18H2,1-2H3. The Morgan fingerprint density at radius 1 is 1.07 bits per heavy atom. The molecule has 0 aromatic heterocycles. The van der Waals surface area contributed by atoms with E-state index in [4.69, 9.17) is 4.74 Å². The van der Waals surface area contributed by atoms with Crippen LogP contribution in [0.15, 0.2) is 60.7 Å². The third kappa shape index (κ3) is 4.55. The highest BCUT2D eigenvalue weighted by Gasteiger charge is 2.49. The summed E-state index contributed by atoms with van der Waals surface area (Å²) in [4.78, 5) is 29.7. The number of β-amino-alcohol motifs (C(OH)–C–C–N with tert-alkyl or cyclic N) is 1. The zero-order chi connectivity index (χ0) is 21.6. The molecule has 0 spiro atoms. The molecule has 1 fully saturated rings. The number of carbonyl (C=O) groups excluding carboxylic acids is 2. The summed E-state index contributed by atoms with van der Waals surface area (Å²) in [5.41, 5.74) is 0.527. The number of amides is 1. The third-order valence-corrected chi connectivity index (χ3v) is 5.86. The summed E-state index contributed by atoms with van der Waals surface area (Å²) in [5.74, 6) is -0.499. The number of benzene rings is 2. The zero-order valence-electron chi connectivity index (χ0n) is 17.7. The number of esters is 1. The van der Waals surface area contributed by atoms with E-state index in [-0.39, 0.29) is 5.91 Å². The van der Waals surface area contributed by atoms with Gasteiger partial charge in [-0.15, -0.1) is 0 Å². The number of nitrogens with zero attached hydrogens (tertiary/aromatic N) is 2. The number of anilines is 1. The lowest BCUT2D eigenvalue weighted by atomic mass is 9.84. The van der Waals surface area contributed by atoms with Gasteiger partial charge in [0.2, 0.25) is 5.91 Å². The van der Waals surface area contributed by atoms with Crippen molar-refractivity contribution in [3.8, 4) is 0 Å². The van der Waals surface area contributed by atoms with Crippen molar-refractivity contribution in [1.82, 2.24) is 4.90 Å². The minimum atomic E-state index is -1.04. The Hall–Kier alpha value is -2.70. The van der Waals surface area contributed by atoms with E-state index < -0.39 is 17.6 Å². The van der Waals surface area contributed by atoms with Crippen LogP contribution in [-0.2, 0) is 14.3 Å². The normalized spacial score (nSPS) is 17.2. The molecule has 1 aliphatic heterocycles. The number of carbonyl (C=O) groups is 2. The van der Waals surface area contributed by atoms with Crippen LogP contribution in [0, 0.1) is 0 Å². The van der Waals surface area contributed by atoms with E-state index in [9.17, 15) is 14.7 Å². The molecule has 0 radical (unpaired) electrons. The van der Waals surface area contributed by atoms with Gasteiger partial charge in [0.05, 0.1) is 13.2 Å². The van der Waals surface area contributed by atoms with Gasteiger partial charge in [-0.05, 0) is 30.5 Å². The molecule has 1 atom stereocenters. The molecule has 1 heterocycles. The fourth-order valence-corrected chi connectivity index (χ4v) is 4.20. The molecule has 6 nitrogen and oxygen atoms in total. The Balaban J connectivity index is 1.81. The van der Waals surface area contributed by atoms with E-state index >= 15 is 0 Å². The van der Waals surface area contributed by atoms with Crippen LogP contribution in [0.1, 0.15) is 37.9 Å². The molecule has 1 amide bonds. The Bertz CT molecular complexity index is 833. The van der Waals surface area contributed by atoms with Gasteiger partial charge >= 0.3 is 5.97 Å². The smallest absolute Gasteiger partial charge is 0.332 e. The Morgan fingerprint density at radius 3 is 2.17 bits per heavy atom. The molecule has 6 heteroatoms. The van der Waals surface area contributed by atoms with Gasteiger partial charge in [-0.25, -0.2) is 4.79 Å².